The molecule has 1 aliphatic carbocycles. The van der Waals surface area contributed by atoms with E-state index in [-0.39, 0.29) is 23.7 Å². The van der Waals surface area contributed by atoms with Crippen molar-refractivity contribution >= 4 is 10.0 Å². The lowest BCUT2D eigenvalue weighted by molar-refractivity contribution is 0.0111. The van der Waals surface area contributed by atoms with Gasteiger partial charge in [0, 0.05) is 17.6 Å². The van der Waals surface area contributed by atoms with Gasteiger partial charge in [-0.2, -0.15) is 0 Å². The standard InChI is InChI=1S/C22H36N2O3S/c1-4-22(5-2)15-20(24-28(3,25)26)21(23-22)16-27-19-13-11-18(12-14-19)17-9-7-6-8-10-17/h6-10,18-21,23-24H,4-5,11-16H2,1-3H3/t18-,19+,20-,21-/m1/s1. The highest BCUT2D eigenvalue weighted by atomic mass is 32.2. The zero-order valence-electron chi connectivity index (χ0n) is 17.5. The van der Waals surface area contributed by atoms with Crippen molar-refractivity contribution in [3.05, 3.63) is 35.9 Å². The molecule has 0 amide bonds. The van der Waals surface area contributed by atoms with Gasteiger partial charge in [0.25, 0.3) is 0 Å². The molecule has 1 aliphatic heterocycles. The predicted octanol–water partition coefficient (Wildman–Crippen LogP) is 3.57. The molecule has 0 radical (unpaired) electrons. The van der Waals surface area contributed by atoms with Crippen molar-refractivity contribution in [2.75, 3.05) is 12.9 Å². The Morgan fingerprint density at radius 1 is 1.11 bits per heavy atom. The summed E-state index contributed by atoms with van der Waals surface area (Å²) in [6, 6.07) is 10.7. The van der Waals surface area contributed by atoms with Crippen LogP contribution in [0.2, 0.25) is 0 Å². The van der Waals surface area contributed by atoms with E-state index >= 15 is 0 Å². The Morgan fingerprint density at radius 2 is 1.75 bits per heavy atom. The van der Waals surface area contributed by atoms with Crippen molar-refractivity contribution in [3.63, 3.8) is 0 Å². The van der Waals surface area contributed by atoms with E-state index in [1.165, 1.54) is 11.8 Å². The summed E-state index contributed by atoms with van der Waals surface area (Å²) in [5.41, 5.74) is 1.44. The molecule has 0 spiro atoms. The lowest BCUT2D eigenvalue weighted by Gasteiger charge is -2.31. The Balaban J connectivity index is 1.54. The van der Waals surface area contributed by atoms with Crippen molar-refractivity contribution in [2.24, 2.45) is 0 Å². The molecule has 2 N–H and O–H groups in total. The van der Waals surface area contributed by atoms with Gasteiger partial charge in [-0.1, -0.05) is 44.2 Å². The summed E-state index contributed by atoms with van der Waals surface area (Å²) in [4.78, 5) is 0. The van der Waals surface area contributed by atoms with Crippen LogP contribution in [0.25, 0.3) is 0 Å². The quantitative estimate of drug-likeness (QED) is 0.690. The minimum Gasteiger partial charge on any atom is -0.377 e. The maximum Gasteiger partial charge on any atom is 0.209 e. The number of hydrogen-bond donors (Lipinski definition) is 2. The van der Waals surface area contributed by atoms with Gasteiger partial charge >= 0.3 is 0 Å². The Morgan fingerprint density at radius 3 is 2.32 bits per heavy atom. The smallest absolute Gasteiger partial charge is 0.209 e. The molecule has 2 atom stereocenters. The summed E-state index contributed by atoms with van der Waals surface area (Å²) < 4.78 is 32.8. The Hall–Kier alpha value is -0.950. The molecule has 28 heavy (non-hydrogen) atoms. The van der Waals surface area contributed by atoms with E-state index in [1.807, 2.05) is 0 Å². The van der Waals surface area contributed by atoms with E-state index in [9.17, 15) is 8.42 Å². The van der Waals surface area contributed by atoms with Crippen LogP contribution in [0.15, 0.2) is 30.3 Å². The molecule has 0 aromatic heterocycles. The first-order chi connectivity index (χ1) is 13.3. The molecule has 1 heterocycles. The molecule has 158 valence electrons. The highest BCUT2D eigenvalue weighted by Crippen LogP contribution is 2.35. The van der Waals surface area contributed by atoms with Crippen LogP contribution in [0.4, 0.5) is 0 Å². The largest absolute Gasteiger partial charge is 0.377 e. The fraction of sp³-hybridized carbons (Fsp3) is 0.727. The van der Waals surface area contributed by atoms with Gasteiger partial charge < -0.3 is 10.1 Å². The van der Waals surface area contributed by atoms with Crippen LogP contribution in [0.5, 0.6) is 0 Å². The molecular weight excluding hydrogens is 372 g/mol. The minimum atomic E-state index is -3.23. The Labute approximate surface area is 170 Å². The first-order valence-electron chi connectivity index (χ1n) is 10.8. The molecule has 3 rings (SSSR count). The van der Waals surface area contributed by atoms with Gasteiger partial charge in [-0.15, -0.1) is 0 Å². The normalized spacial score (nSPS) is 30.4. The molecule has 1 saturated carbocycles. The van der Waals surface area contributed by atoms with Crippen molar-refractivity contribution < 1.29 is 13.2 Å². The van der Waals surface area contributed by atoms with Gasteiger partial charge in [0.15, 0.2) is 0 Å². The topological polar surface area (TPSA) is 67.4 Å². The third-order valence-corrected chi connectivity index (χ3v) is 7.49. The number of rotatable bonds is 8. The third-order valence-electron chi connectivity index (χ3n) is 6.76. The molecule has 2 fully saturated rings. The SMILES string of the molecule is CCC1(CC)C[C@@H](NS(C)(=O)=O)[C@@H](CO[C@H]2CC[C@@H](c3ccccc3)CC2)N1. The molecule has 6 heteroatoms. The second-order valence-corrected chi connectivity index (χ2v) is 10.4. The van der Waals surface area contributed by atoms with Crippen molar-refractivity contribution in [1.29, 1.82) is 0 Å². The van der Waals surface area contributed by atoms with E-state index < -0.39 is 10.0 Å². The molecule has 1 aromatic rings. The van der Waals surface area contributed by atoms with Gasteiger partial charge in [0.05, 0.1) is 19.0 Å². The van der Waals surface area contributed by atoms with E-state index in [0.717, 1.165) is 44.9 Å². The van der Waals surface area contributed by atoms with E-state index in [4.69, 9.17) is 4.74 Å². The lowest BCUT2D eigenvalue weighted by atomic mass is 9.83. The monoisotopic (exact) mass is 408 g/mol. The summed E-state index contributed by atoms with van der Waals surface area (Å²) in [6.45, 7) is 4.90. The van der Waals surface area contributed by atoms with E-state index in [2.05, 4.69) is 54.2 Å². The van der Waals surface area contributed by atoms with Gasteiger partial charge in [-0.05, 0) is 56.4 Å². The van der Waals surface area contributed by atoms with E-state index in [1.54, 1.807) is 0 Å². The fourth-order valence-electron chi connectivity index (χ4n) is 4.94. The third kappa shape index (κ3) is 5.56. The number of sulfonamides is 1. The zero-order chi connectivity index (χ0) is 20.2. The average Bonchev–Trinajstić information content (AvgIpc) is 3.04. The van der Waals surface area contributed by atoms with Crippen LogP contribution >= 0.6 is 0 Å². The molecule has 0 bridgehead atoms. The van der Waals surface area contributed by atoms with Gasteiger partial charge in [-0.3, -0.25) is 0 Å². The van der Waals surface area contributed by atoms with Crippen molar-refractivity contribution in [1.82, 2.24) is 10.0 Å². The summed E-state index contributed by atoms with van der Waals surface area (Å²) in [5, 5.41) is 3.70. The molecule has 5 nitrogen and oxygen atoms in total. The highest BCUT2D eigenvalue weighted by Gasteiger charge is 2.43. The first-order valence-corrected chi connectivity index (χ1v) is 12.6. The highest BCUT2D eigenvalue weighted by molar-refractivity contribution is 7.88. The number of hydrogen-bond acceptors (Lipinski definition) is 4. The van der Waals surface area contributed by atoms with Crippen LogP contribution in [-0.4, -0.2) is 45.0 Å². The number of ether oxygens (including phenoxy) is 1. The van der Waals surface area contributed by atoms with Gasteiger partial charge in [-0.25, -0.2) is 13.1 Å². The molecule has 1 aromatic carbocycles. The maximum absolute atomic E-state index is 11.8. The summed E-state index contributed by atoms with van der Waals surface area (Å²) in [7, 11) is -3.23. The summed E-state index contributed by atoms with van der Waals surface area (Å²) >= 11 is 0. The van der Waals surface area contributed by atoms with Gasteiger partial charge in [0.1, 0.15) is 0 Å². The van der Waals surface area contributed by atoms with Gasteiger partial charge in [0.2, 0.25) is 10.0 Å². The first kappa shape index (κ1) is 21.8. The zero-order valence-corrected chi connectivity index (χ0v) is 18.3. The Bertz CT molecular complexity index is 711. The molecule has 2 aliphatic rings. The summed E-state index contributed by atoms with van der Waals surface area (Å²) in [6.07, 6.45) is 8.78. The maximum atomic E-state index is 11.8. The van der Waals surface area contributed by atoms with Crippen LogP contribution in [-0.2, 0) is 14.8 Å². The fourth-order valence-corrected chi connectivity index (χ4v) is 5.74. The summed E-state index contributed by atoms with van der Waals surface area (Å²) in [5.74, 6) is 0.637. The van der Waals surface area contributed by atoms with E-state index in [0.29, 0.717) is 12.5 Å². The Kier molecular flexibility index (Phi) is 7.18. The molecular formula is C22H36N2O3S. The van der Waals surface area contributed by atoms with Crippen LogP contribution in [0.1, 0.15) is 70.3 Å². The number of nitrogens with one attached hydrogen (secondary N) is 2. The average molecular weight is 409 g/mol. The number of benzene rings is 1. The van der Waals surface area contributed by atoms with Crippen LogP contribution < -0.4 is 10.0 Å². The molecule has 1 saturated heterocycles. The second kappa shape index (κ2) is 9.24. The second-order valence-electron chi connectivity index (χ2n) is 8.66. The van der Waals surface area contributed by atoms with Crippen LogP contribution in [0, 0.1) is 0 Å². The molecule has 0 unspecified atom stereocenters. The van der Waals surface area contributed by atoms with Crippen molar-refractivity contribution in [3.8, 4) is 0 Å². The predicted molar refractivity (Wildman–Crippen MR) is 114 cm³/mol. The lowest BCUT2D eigenvalue weighted by Crippen LogP contribution is -2.48. The minimum absolute atomic E-state index is 0.00134. The van der Waals surface area contributed by atoms with Crippen molar-refractivity contribution in [2.45, 2.75) is 88.4 Å². The van der Waals surface area contributed by atoms with Crippen LogP contribution in [0.3, 0.4) is 0 Å².